The predicted molar refractivity (Wildman–Crippen MR) is 120 cm³/mol. The SMILES string of the molecule is Cc1ccncc1-c1cc2c(-c3cc4c(-c5ccsc5)cncc4[nH]3)n[nH]c2cn1. The lowest BCUT2D eigenvalue weighted by molar-refractivity contribution is 1.11. The summed E-state index contributed by atoms with van der Waals surface area (Å²) in [5.74, 6) is 0. The molecule has 0 atom stereocenters. The molecule has 0 radical (unpaired) electrons. The monoisotopic (exact) mass is 408 g/mol. The zero-order valence-corrected chi connectivity index (χ0v) is 16.9. The average molecular weight is 408 g/mol. The molecular formula is C23H16N6S. The number of pyridine rings is 3. The van der Waals surface area contributed by atoms with Gasteiger partial charge in [0.1, 0.15) is 5.69 Å². The van der Waals surface area contributed by atoms with Crippen LogP contribution in [0.1, 0.15) is 5.56 Å². The standard InChI is InChI=1S/C23H16N6S/c1-13-2-4-24-8-17(13)19-7-16-22(11-26-19)28-29-23(16)20-6-15-18(14-3-5-30-12-14)9-25-10-21(15)27-20/h2-12,27H,1H3,(H,28,29). The molecule has 7 heteroatoms. The van der Waals surface area contributed by atoms with Crippen molar-refractivity contribution in [3.63, 3.8) is 0 Å². The number of thiophene rings is 1. The molecule has 0 fully saturated rings. The van der Waals surface area contributed by atoms with Gasteiger partial charge in [-0.1, -0.05) is 0 Å². The lowest BCUT2D eigenvalue weighted by Gasteiger charge is -2.04. The summed E-state index contributed by atoms with van der Waals surface area (Å²) in [6.07, 6.45) is 9.25. The van der Waals surface area contributed by atoms with Crippen LogP contribution in [0.2, 0.25) is 0 Å². The van der Waals surface area contributed by atoms with E-state index in [9.17, 15) is 0 Å². The Morgan fingerprint density at radius 1 is 0.900 bits per heavy atom. The van der Waals surface area contributed by atoms with E-state index in [0.717, 1.165) is 55.6 Å². The van der Waals surface area contributed by atoms with Crippen molar-refractivity contribution in [1.82, 2.24) is 30.1 Å². The normalized spacial score (nSPS) is 11.5. The van der Waals surface area contributed by atoms with E-state index in [1.165, 1.54) is 5.56 Å². The number of rotatable bonds is 3. The summed E-state index contributed by atoms with van der Waals surface area (Å²) in [7, 11) is 0. The third-order valence-electron chi connectivity index (χ3n) is 5.40. The highest BCUT2D eigenvalue weighted by molar-refractivity contribution is 7.08. The third kappa shape index (κ3) is 2.63. The van der Waals surface area contributed by atoms with E-state index < -0.39 is 0 Å². The van der Waals surface area contributed by atoms with Gasteiger partial charge in [0.2, 0.25) is 0 Å². The highest BCUT2D eigenvalue weighted by Crippen LogP contribution is 2.35. The predicted octanol–water partition coefficient (Wildman–Crippen LogP) is 5.60. The molecule has 2 N–H and O–H groups in total. The van der Waals surface area contributed by atoms with Crippen LogP contribution >= 0.6 is 11.3 Å². The zero-order valence-electron chi connectivity index (χ0n) is 16.0. The van der Waals surface area contributed by atoms with Gasteiger partial charge in [0.05, 0.1) is 34.8 Å². The van der Waals surface area contributed by atoms with Gasteiger partial charge >= 0.3 is 0 Å². The van der Waals surface area contributed by atoms with Crippen molar-refractivity contribution >= 4 is 33.1 Å². The van der Waals surface area contributed by atoms with E-state index in [1.54, 1.807) is 17.5 Å². The Bertz CT molecular complexity index is 1510. The first-order valence-electron chi connectivity index (χ1n) is 9.53. The van der Waals surface area contributed by atoms with E-state index in [-0.39, 0.29) is 0 Å². The number of aromatic nitrogens is 6. The minimum absolute atomic E-state index is 0.864. The molecule has 30 heavy (non-hydrogen) atoms. The molecule has 144 valence electrons. The summed E-state index contributed by atoms with van der Waals surface area (Å²) in [5.41, 5.74) is 9.02. The second-order valence-electron chi connectivity index (χ2n) is 7.22. The Morgan fingerprint density at radius 3 is 2.70 bits per heavy atom. The highest BCUT2D eigenvalue weighted by atomic mass is 32.1. The number of fused-ring (bicyclic) bond motifs is 2. The Labute approximate surface area is 175 Å². The lowest BCUT2D eigenvalue weighted by Crippen LogP contribution is -1.88. The topological polar surface area (TPSA) is 83.1 Å². The summed E-state index contributed by atoms with van der Waals surface area (Å²) in [6.45, 7) is 2.07. The Kier molecular flexibility index (Phi) is 3.75. The molecule has 0 spiro atoms. The van der Waals surface area contributed by atoms with E-state index in [4.69, 9.17) is 0 Å². The highest BCUT2D eigenvalue weighted by Gasteiger charge is 2.15. The van der Waals surface area contributed by atoms with Crippen LogP contribution in [-0.2, 0) is 0 Å². The number of H-pyrrole nitrogens is 2. The summed E-state index contributed by atoms with van der Waals surface area (Å²) in [5, 5.41) is 14.1. The first kappa shape index (κ1) is 17.1. The minimum atomic E-state index is 0.864. The van der Waals surface area contributed by atoms with E-state index in [0.29, 0.717) is 0 Å². The maximum absolute atomic E-state index is 4.61. The number of aryl methyl sites for hydroxylation is 1. The van der Waals surface area contributed by atoms with Crippen molar-refractivity contribution in [3.05, 3.63) is 71.6 Å². The molecule has 0 aliphatic carbocycles. The van der Waals surface area contributed by atoms with E-state index in [1.807, 2.05) is 30.9 Å². The van der Waals surface area contributed by atoms with Gasteiger partial charge in [0, 0.05) is 40.5 Å². The first-order valence-corrected chi connectivity index (χ1v) is 10.5. The fourth-order valence-corrected chi connectivity index (χ4v) is 4.48. The molecule has 6 aromatic heterocycles. The molecule has 0 aliphatic rings. The van der Waals surface area contributed by atoms with Crippen LogP contribution in [0.4, 0.5) is 0 Å². The zero-order chi connectivity index (χ0) is 20.1. The van der Waals surface area contributed by atoms with Crippen molar-refractivity contribution in [1.29, 1.82) is 0 Å². The lowest BCUT2D eigenvalue weighted by atomic mass is 10.1. The molecule has 6 heterocycles. The van der Waals surface area contributed by atoms with Gasteiger partial charge in [-0.05, 0) is 53.1 Å². The number of aromatic amines is 2. The molecular weight excluding hydrogens is 392 g/mol. The molecule has 0 saturated heterocycles. The summed E-state index contributed by atoms with van der Waals surface area (Å²) in [6, 6.07) is 8.33. The summed E-state index contributed by atoms with van der Waals surface area (Å²) < 4.78 is 0. The smallest absolute Gasteiger partial charge is 0.116 e. The Balaban J connectivity index is 1.53. The molecule has 6 nitrogen and oxygen atoms in total. The maximum Gasteiger partial charge on any atom is 0.116 e. The number of nitrogens with one attached hydrogen (secondary N) is 2. The summed E-state index contributed by atoms with van der Waals surface area (Å²) >= 11 is 1.68. The van der Waals surface area contributed by atoms with E-state index >= 15 is 0 Å². The van der Waals surface area contributed by atoms with E-state index in [2.05, 4.69) is 66.0 Å². The average Bonchev–Trinajstić information content (AvgIpc) is 3.51. The van der Waals surface area contributed by atoms with Crippen molar-refractivity contribution in [2.24, 2.45) is 0 Å². The molecule has 0 unspecified atom stereocenters. The molecule has 0 amide bonds. The van der Waals surface area contributed by atoms with Crippen molar-refractivity contribution in [2.75, 3.05) is 0 Å². The quantitative estimate of drug-likeness (QED) is 0.399. The van der Waals surface area contributed by atoms with Gasteiger partial charge in [0.15, 0.2) is 0 Å². The Morgan fingerprint density at radius 2 is 1.83 bits per heavy atom. The molecule has 0 aliphatic heterocycles. The van der Waals surface area contributed by atoms with Crippen molar-refractivity contribution in [3.8, 4) is 33.8 Å². The van der Waals surface area contributed by atoms with Crippen molar-refractivity contribution < 1.29 is 0 Å². The second kappa shape index (κ2) is 6.60. The van der Waals surface area contributed by atoms with Crippen LogP contribution < -0.4 is 0 Å². The van der Waals surface area contributed by atoms with Gasteiger partial charge in [-0.15, -0.1) is 0 Å². The van der Waals surface area contributed by atoms with Gasteiger partial charge in [-0.3, -0.25) is 20.1 Å². The van der Waals surface area contributed by atoms with Crippen LogP contribution in [0.25, 0.3) is 55.6 Å². The van der Waals surface area contributed by atoms with Crippen LogP contribution in [0.15, 0.2) is 66.0 Å². The number of nitrogens with zero attached hydrogens (tertiary/aromatic N) is 4. The number of hydrogen-bond acceptors (Lipinski definition) is 5. The second-order valence-corrected chi connectivity index (χ2v) is 8.00. The van der Waals surface area contributed by atoms with Gasteiger partial charge in [-0.25, -0.2) is 0 Å². The molecule has 0 bridgehead atoms. The first-order chi connectivity index (χ1) is 14.8. The fourth-order valence-electron chi connectivity index (χ4n) is 3.83. The van der Waals surface area contributed by atoms with Gasteiger partial charge < -0.3 is 4.98 Å². The molecule has 0 aromatic carbocycles. The fraction of sp³-hybridized carbons (Fsp3) is 0.0435. The summed E-state index contributed by atoms with van der Waals surface area (Å²) in [4.78, 5) is 16.8. The van der Waals surface area contributed by atoms with Crippen LogP contribution in [0.3, 0.4) is 0 Å². The Hall–Kier alpha value is -3.84. The van der Waals surface area contributed by atoms with Crippen LogP contribution in [-0.4, -0.2) is 30.1 Å². The van der Waals surface area contributed by atoms with Gasteiger partial charge in [0.25, 0.3) is 0 Å². The molecule has 0 saturated carbocycles. The minimum Gasteiger partial charge on any atom is -0.352 e. The largest absolute Gasteiger partial charge is 0.352 e. The van der Waals surface area contributed by atoms with Gasteiger partial charge in [-0.2, -0.15) is 16.4 Å². The molecule has 6 aromatic rings. The number of hydrogen-bond donors (Lipinski definition) is 2. The van der Waals surface area contributed by atoms with Crippen LogP contribution in [0.5, 0.6) is 0 Å². The third-order valence-corrected chi connectivity index (χ3v) is 6.08. The molecule has 6 rings (SSSR count). The maximum atomic E-state index is 4.61. The van der Waals surface area contributed by atoms with Crippen LogP contribution in [0, 0.1) is 6.92 Å². The van der Waals surface area contributed by atoms with Crippen molar-refractivity contribution in [2.45, 2.75) is 6.92 Å².